The molecule has 0 bridgehead atoms. The maximum Gasteiger partial charge on any atom is 0.0655 e. The largest absolute Gasteiger partial charge is 0.198 e. The molecule has 0 aliphatic heterocycles. The summed E-state index contributed by atoms with van der Waals surface area (Å²) in [6.07, 6.45) is 7.33. The summed E-state index contributed by atoms with van der Waals surface area (Å²) in [5.41, 5.74) is 0.528. The number of hydrogen-bond acceptors (Lipinski definition) is 1. The minimum Gasteiger partial charge on any atom is -0.198 e. The Bertz CT molecular complexity index is 164. The van der Waals surface area contributed by atoms with E-state index in [4.69, 9.17) is 5.26 Å². The zero-order valence-corrected chi connectivity index (χ0v) is 8.27. The van der Waals surface area contributed by atoms with E-state index >= 15 is 0 Å². The van der Waals surface area contributed by atoms with Gasteiger partial charge in [0.2, 0.25) is 0 Å². The van der Waals surface area contributed by atoms with Gasteiger partial charge in [-0.05, 0) is 31.1 Å². The second-order valence-corrected chi connectivity index (χ2v) is 4.77. The first-order chi connectivity index (χ1) is 5.64. The molecule has 0 aromatic carbocycles. The molecule has 12 heavy (non-hydrogen) atoms. The van der Waals surface area contributed by atoms with Crippen LogP contribution < -0.4 is 0 Å². The van der Waals surface area contributed by atoms with Gasteiger partial charge in [-0.1, -0.05) is 26.7 Å². The van der Waals surface area contributed by atoms with Crippen LogP contribution in [-0.4, -0.2) is 0 Å². The van der Waals surface area contributed by atoms with Gasteiger partial charge in [0.25, 0.3) is 0 Å². The molecule has 0 saturated heterocycles. The molecule has 0 unspecified atom stereocenters. The summed E-state index contributed by atoms with van der Waals surface area (Å²) < 4.78 is 0. The SMILES string of the molecule is CC1(C)CCCC(C#N)CCC1. The second-order valence-electron chi connectivity index (χ2n) is 4.77. The van der Waals surface area contributed by atoms with E-state index in [1.165, 1.54) is 25.7 Å². The van der Waals surface area contributed by atoms with Crippen LogP contribution in [0.3, 0.4) is 0 Å². The molecule has 0 aromatic heterocycles. The van der Waals surface area contributed by atoms with E-state index in [0.717, 1.165) is 12.8 Å². The van der Waals surface area contributed by atoms with Crippen LogP contribution in [0.2, 0.25) is 0 Å². The molecule has 0 spiro atoms. The lowest BCUT2D eigenvalue weighted by atomic mass is 9.78. The van der Waals surface area contributed by atoms with Crippen molar-refractivity contribution in [3.8, 4) is 6.07 Å². The van der Waals surface area contributed by atoms with Crippen LogP contribution in [0.15, 0.2) is 0 Å². The van der Waals surface area contributed by atoms with Gasteiger partial charge in [0, 0.05) is 5.92 Å². The molecule has 0 N–H and O–H groups in total. The smallest absolute Gasteiger partial charge is 0.0655 e. The highest BCUT2D eigenvalue weighted by atomic mass is 14.3. The minimum atomic E-state index is 0.348. The van der Waals surface area contributed by atoms with Gasteiger partial charge < -0.3 is 0 Å². The van der Waals surface area contributed by atoms with Crippen molar-refractivity contribution in [2.75, 3.05) is 0 Å². The van der Waals surface area contributed by atoms with Crippen molar-refractivity contribution in [2.24, 2.45) is 11.3 Å². The van der Waals surface area contributed by atoms with Crippen molar-refractivity contribution < 1.29 is 0 Å². The molecule has 0 aromatic rings. The van der Waals surface area contributed by atoms with Crippen LogP contribution in [-0.2, 0) is 0 Å². The summed E-state index contributed by atoms with van der Waals surface area (Å²) >= 11 is 0. The van der Waals surface area contributed by atoms with Gasteiger partial charge in [-0.15, -0.1) is 0 Å². The van der Waals surface area contributed by atoms with Crippen LogP contribution in [0, 0.1) is 22.7 Å². The first kappa shape index (κ1) is 9.58. The second kappa shape index (κ2) is 3.94. The van der Waals surface area contributed by atoms with Crippen molar-refractivity contribution in [3.05, 3.63) is 0 Å². The van der Waals surface area contributed by atoms with E-state index in [1.807, 2.05) is 0 Å². The van der Waals surface area contributed by atoms with Gasteiger partial charge in [0.1, 0.15) is 0 Å². The first-order valence-electron chi connectivity index (χ1n) is 5.04. The third kappa shape index (κ3) is 2.85. The molecule has 1 saturated carbocycles. The molecule has 0 radical (unpaired) electrons. The summed E-state index contributed by atoms with van der Waals surface area (Å²) in [6.45, 7) is 4.69. The highest BCUT2D eigenvalue weighted by Gasteiger charge is 2.21. The van der Waals surface area contributed by atoms with E-state index < -0.39 is 0 Å². The van der Waals surface area contributed by atoms with Gasteiger partial charge in [0.05, 0.1) is 6.07 Å². The fourth-order valence-electron chi connectivity index (χ4n) is 2.05. The highest BCUT2D eigenvalue weighted by Crippen LogP contribution is 2.34. The van der Waals surface area contributed by atoms with E-state index in [1.54, 1.807) is 0 Å². The van der Waals surface area contributed by atoms with Crippen LogP contribution >= 0.6 is 0 Å². The Morgan fingerprint density at radius 2 is 1.67 bits per heavy atom. The minimum absolute atomic E-state index is 0.348. The molecule has 1 aliphatic rings. The van der Waals surface area contributed by atoms with Crippen molar-refractivity contribution in [1.82, 2.24) is 0 Å². The average molecular weight is 165 g/mol. The summed E-state index contributed by atoms with van der Waals surface area (Å²) in [4.78, 5) is 0. The van der Waals surface area contributed by atoms with E-state index in [0.29, 0.717) is 11.3 Å². The van der Waals surface area contributed by atoms with Gasteiger partial charge >= 0.3 is 0 Å². The monoisotopic (exact) mass is 165 g/mol. The average Bonchev–Trinajstić information content (AvgIpc) is 1.97. The quantitative estimate of drug-likeness (QED) is 0.539. The van der Waals surface area contributed by atoms with Crippen molar-refractivity contribution in [2.45, 2.75) is 52.4 Å². The molecule has 1 heteroatoms. The van der Waals surface area contributed by atoms with Gasteiger partial charge in [0.15, 0.2) is 0 Å². The summed E-state index contributed by atoms with van der Waals surface area (Å²) in [7, 11) is 0. The van der Waals surface area contributed by atoms with Crippen LogP contribution in [0.25, 0.3) is 0 Å². The molecule has 1 rings (SSSR count). The third-order valence-corrected chi connectivity index (χ3v) is 2.99. The third-order valence-electron chi connectivity index (χ3n) is 2.99. The molecule has 1 aliphatic carbocycles. The normalized spacial score (nSPS) is 25.4. The fourth-order valence-corrected chi connectivity index (χ4v) is 2.05. The van der Waals surface area contributed by atoms with E-state index in [9.17, 15) is 0 Å². The molecule has 1 fully saturated rings. The number of hydrogen-bond donors (Lipinski definition) is 0. The Morgan fingerprint density at radius 1 is 1.17 bits per heavy atom. The van der Waals surface area contributed by atoms with E-state index in [-0.39, 0.29) is 0 Å². The predicted molar refractivity (Wildman–Crippen MR) is 50.6 cm³/mol. The lowest BCUT2D eigenvalue weighted by Gasteiger charge is -2.27. The zero-order valence-electron chi connectivity index (χ0n) is 8.27. The zero-order chi connectivity index (χ0) is 9.03. The highest BCUT2D eigenvalue weighted by molar-refractivity contribution is 4.85. The van der Waals surface area contributed by atoms with Crippen LogP contribution in [0.4, 0.5) is 0 Å². The molecule has 1 nitrogen and oxygen atoms in total. The number of nitriles is 1. The van der Waals surface area contributed by atoms with Crippen LogP contribution in [0.1, 0.15) is 52.4 Å². The van der Waals surface area contributed by atoms with Crippen molar-refractivity contribution >= 4 is 0 Å². The van der Waals surface area contributed by atoms with Gasteiger partial charge in [-0.3, -0.25) is 0 Å². The Labute approximate surface area is 75.8 Å². The van der Waals surface area contributed by atoms with Crippen molar-refractivity contribution in [1.29, 1.82) is 5.26 Å². The summed E-state index contributed by atoms with van der Waals surface area (Å²) in [6, 6.07) is 2.40. The molecule has 0 heterocycles. The maximum absolute atomic E-state index is 8.79. The lowest BCUT2D eigenvalue weighted by Crippen LogP contribution is -2.15. The lowest BCUT2D eigenvalue weighted by molar-refractivity contribution is 0.252. The molecule has 0 amide bonds. The van der Waals surface area contributed by atoms with Crippen molar-refractivity contribution in [3.63, 3.8) is 0 Å². The van der Waals surface area contributed by atoms with E-state index in [2.05, 4.69) is 19.9 Å². The first-order valence-corrected chi connectivity index (χ1v) is 5.04. The molecule has 68 valence electrons. The molecule has 0 atom stereocenters. The van der Waals surface area contributed by atoms with Crippen LogP contribution in [0.5, 0.6) is 0 Å². The summed E-state index contributed by atoms with van der Waals surface area (Å²) in [5.74, 6) is 0.348. The topological polar surface area (TPSA) is 23.8 Å². The molecular weight excluding hydrogens is 146 g/mol. The predicted octanol–water partition coefficient (Wildman–Crippen LogP) is 3.51. The number of nitrogens with zero attached hydrogens (tertiary/aromatic N) is 1. The Morgan fingerprint density at radius 3 is 2.08 bits per heavy atom. The Kier molecular flexibility index (Phi) is 3.14. The van der Waals surface area contributed by atoms with Gasteiger partial charge in [-0.25, -0.2) is 0 Å². The van der Waals surface area contributed by atoms with Gasteiger partial charge in [-0.2, -0.15) is 5.26 Å². The standard InChI is InChI=1S/C11H19N/c1-11(2)7-3-5-10(9-12)6-4-8-11/h10H,3-8H2,1-2H3. The Balaban J connectivity index is 2.40. The fraction of sp³-hybridized carbons (Fsp3) is 0.909. The molecular formula is C11H19N. The number of rotatable bonds is 0. The Hall–Kier alpha value is -0.510. The maximum atomic E-state index is 8.79. The summed E-state index contributed by atoms with van der Waals surface area (Å²) in [5, 5.41) is 8.79.